The van der Waals surface area contributed by atoms with Crippen LogP contribution in [-0.4, -0.2) is 49.2 Å². The molecule has 9 heteroatoms. The van der Waals surface area contributed by atoms with Crippen molar-refractivity contribution in [3.63, 3.8) is 0 Å². The molecule has 1 aliphatic heterocycles. The van der Waals surface area contributed by atoms with Gasteiger partial charge in [0.2, 0.25) is 5.91 Å². The average molecular weight is 564 g/mol. The van der Waals surface area contributed by atoms with Crippen molar-refractivity contribution in [3.05, 3.63) is 120 Å². The minimum absolute atomic E-state index is 0.0734. The number of hydrogen-bond donors (Lipinski definition) is 1. The third kappa shape index (κ3) is 5.85. The fraction of sp³-hybridized carbons (Fsp3) is 0.152. The normalized spacial score (nSPS) is 12.9. The average Bonchev–Trinajstić information content (AvgIpc) is 3.26. The molecule has 0 saturated heterocycles. The number of nitrogens with zero attached hydrogens (tertiary/aromatic N) is 2. The van der Waals surface area contributed by atoms with Gasteiger partial charge in [0, 0.05) is 12.2 Å². The Kier molecular flexibility index (Phi) is 8.29. The van der Waals surface area contributed by atoms with Crippen LogP contribution in [0.5, 0.6) is 11.5 Å². The fourth-order valence-corrected chi connectivity index (χ4v) is 4.88. The van der Waals surface area contributed by atoms with E-state index in [0.29, 0.717) is 28.4 Å². The molecule has 5 rings (SSSR count). The van der Waals surface area contributed by atoms with E-state index in [4.69, 9.17) is 9.47 Å². The molecule has 0 fully saturated rings. The monoisotopic (exact) mass is 563 g/mol. The lowest BCUT2D eigenvalue weighted by Crippen LogP contribution is -2.46. The van der Waals surface area contributed by atoms with Crippen molar-refractivity contribution in [2.75, 3.05) is 31.0 Å². The van der Waals surface area contributed by atoms with Crippen molar-refractivity contribution in [2.45, 2.75) is 12.6 Å². The maximum Gasteiger partial charge on any atom is 0.299 e. The lowest BCUT2D eigenvalue weighted by atomic mass is 10.0. The van der Waals surface area contributed by atoms with Gasteiger partial charge in [-0.2, -0.15) is 0 Å². The zero-order valence-electron chi connectivity index (χ0n) is 23.2. The van der Waals surface area contributed by atoms with E-state index >= 15 is 0 Å². The van der Waals surface area contributed by atoms with Crippen LogP contribution in [0.1, 0.15) is 27.5 Å². The molecule has 0 radical (unpaired) electrons. The summed E-state index contributed by atoms with van der Waals surface area (Å²) in [6.45, 7) is -0.346. The Morgan fingerprint density at radius 3 is 2.02 bits per heavy atom. The highest BCUT2D eigenvalue weighted by atomic mass is 16.5. The van der Waals surface area contributed by atoms with E-state index in [9.17, 15) is 19.2 Å². The predicted molar refractivity (Wildman–Crippen MR) is 157 cm³/mol. The molecule has 0 unspecified atom stereocenters. The van der Waals surface area contributed by atoms with Crippen LogP contribution in [0.15, 0.2) is 103 Å². The third-order valence-electron chi connectivity index (χ3n) is 7.04. The summed E-state index contributed by atoms with van der Waals surface area (Å²) in [4.78, 5) is 56.3. The molecule has 0 bridgehead atoms. The maximum atomic E-state index is 14.1. The lowest BCUT2D eigenvalue weighted by molar-refractivity contribution is -0.139. The van der Waals surface area contributed by atoms with Gasteiger partial charge in [-0.25, -0.2) is 0 Å². The molecule has 4 aromatic rings. The molecule has 1 atom stereocenters. The number of Topliss-reactive ketones (excluding diaryl/α,β-unsaturated/α-hetero) is 1. The van der Waals surface area contributed by atoms with Gasteiger partial charge in [0.05, 0.1) is 25.5 Å². The minimum Gasteiger partial charge on any atom is -0.497 e. The number of benzene rings is 4. The van der Waals surface area contributed by atoms with E-state index in [2.05, 4.69) is 5.32 Å². The summed E-state index contributed by atoms with van der Waals surface area (Å²) in [6, 6.07) is 28.5. The number of amides is 3. The number of nitrogens with one attached hydrogen (secondary N) is 1. The van der Waals surface area contributed by atoms with Crippen LogP contribution in [-0.2, 0) is 20.9 Å². The quantitative estimate of drug-likeness (QED) is 0.282. The van der Waals surface area contributed by atoms with E-state index < -0.39 is 36.1 Å². The summed E-state index contributed by atoms with van der Waals surface area (Å²) < 4.78 is 10.5. The largest absolute Gasteiger partial charge is 0.497 e. The number of carbonyl (C=O) groups excluding carboxylic acids is 4. The highest BCUT2D eigenvalue weighted by molar-refractivity contribution is 6.52. The molecule has 1 heterocycles. The standard InChI is InChI=1S/C33H29N3O6/c1-41-25-16-12-23(13-17-25)30(32(39)34-24-14-18-26(42-2)19-15-24)36(20-22-8-4-3-5-9-22)29(37)21-35-28-11-7-6-10-27(28)31(38)33(35)40/h3-19,30H,20-21H2,1-2H3,(H,34,39)/t30-/m1/s1. The van der Waals surface area contributed by atoms with Crippen LogP contribution >= 0.6 is 0 Å². The number of carbonyl (C=O) groups is 4. The van der Waals surface area contributed by atoms with Crippen molar-refractivity contribution < 1.29 is 28.7 Å². The van der Waals surface area contributed by atoms with Crippen molar-refractivity contribution in [1.82, 2.24) is 4.90 Å². The highest BCUT2D eigenvalue weighted by Gasteiger charge is 2.39. The number of rotatable bonds is 10. The van der Waals surface area contributed by atoms with Gasteiger partial charge in [0.15, 0.2) is 0 Å². The van der Waals surface area contributed by atoms with Crippen molar-refractivity contribution in [3.8, 4) is 11.5 Å². The first-order valence-corrected chi connectivity index (χ1v) is 13.3. The molecule has 1 N–H and O–H groups in total. The Labute approximate surface area is 243 Å². The van der Waals surface area contributed by atoms with Crippen LogP contribution in [0.2, 0.25) is 0 Å². The third-order valence-corrected chi connectivity index (χ3v) is 7.04. The Bertz CT molecular complexity index is 1600. The molecule has 42 heavy (non-hydrogen) atoms. The lowest BCUT2D eigenvalue weighted by Gasteiger charge is -2.33. The molecule has 0 aliphatic carbocycles. The number of anilines is 2. The number of fused-ring (bicyclic) bond motifs is 1. The van der Waals surface area contributed by atoms with Crippen LogP contribution in [0.25, 0.3) is 0 Å². The fourth-order valence-electron chi connectivity index (χ4n) is 4.88. The predicted octanol–water partition coefficient (Wildman–Crippen LogP) is 4.64. The van der Waals surface area contributed by atoms with Crippen LogP contribution in [0.3, 0.4) is 0 Å². The van der Waals surface area contributed by atoms with Gasteiger partial charge >= 0.3 is 0 Å². The first-order valence-electron chi connectivity index (χ1n) is 13.3. The first kappa shape index (κ1) is 28.1. The number of ether oxygens (including phenoxy) is 2. The van der Waals surface area contributed by atoms with Gasteiger partial charge in [-0.05, 0) is 59.7 Å². The van der Waals surface area contributed by atoms with Gasteiger partial charge in [0.25, 0.3) is 17.6 Å². The Morgan fingerprint density at radius 2 is 1.38 bits per heavy atom. The van der Waals surface area contributed by atoms with E-state index in [1.165, 1.54) is 9.80 Å². The van der Waals surface area contributed by atoms with E-state index in [1.54, 1.807) is 87.0 Å². The highest BCUT2D eigenvalue weighted by Crippen LogP contribution is 2.31. The smallest absolute Gasteiger partial charge is 0.299 e. The number of para-hydroxylation sites is 1. The Morgan fingerprint density at radius 1 is 0.786 bits per heavy atom. The first-order chi connectivity index (χ1) is 20.4. The summed E-state index contributed by atoms with van der Waals surface area (Å²) in [7, 11) is 3.09. The number of hydrogen-bond acceptors (Lipinski definition) is 6. The summed E-state index contributed by atoms with van der Waals surface area (Å²) in [5, 5.41) is 2.91. The molecular formula is C33H29N3O6. The maximum absolute atomic E-state index is 14.1. The Hall–Kier alpha value is -5.44. The van der Waals surface area contributed by atoms with Crippen molar-refractivity contribution >= 4 is 34.9 Å². The zero-order chi connectivity index (χ0) is 29.6. The van der Waals surface area contributed by atoms with Crippen LogP contribution in [0.4, 0.5) is 11.4 Å². The Balaban J connectivity index is 1.53. The summed E-state index contributed by atoms with van der Waals surface area (Å²) in [6.07, 6.45) is 0. The molecule has 0 saturated carbocycles. The SMILES string of the molecule is COc1ccc(NC(=O)[C@@H](c2ccc(OC)cc2)N(Cc2ccccc2)C(=O)CN2C(=O)C(=O)c3ccccc32)cc1. The van der Waals surface area contributed by atoms with Crippen molar-refractivity contribution in [1.29, 1.82) is 0 Å². The van der Waals surface area contributed by atoms with Gasteiger partial charge in [-0.15, -0.1) is 0 Å². The molecule has 4 aromatic carbocycles. The summed E-state index contributed by atoms with van der Waals surface area (Å²) in [5.74, 6) is -1.21. The van der Waals surface area contributed by atoms with E-state index in [0.717, 1.165) is 5.56 Å². The minimum atomic E-state index is -1.09. The van der Waals surface area contributed by atoms with Crippen molar-refractivity contribution in [2.24, 2.45) is 0 Å². The molecular weight excluding hydrogens is 534 g/mol. The summed E-state index contributed by atoms with van der Waals surface area (Å²) >= 11 is 0. The molecule has 1 aliphatic rings. The molecule has 212 valence electrons. The molecule has 3 amide bonds. The van der Waals surface area contributed by atoms with Crippen LogP contribution in [0, 0.1) is 0 Å². The van der Waals surface area contributed by atoms with Gasteiger partial charge < -0.3 is 19.7 Å². The second-order valence-corrected chi connectivity index (χ2v) is 9.64. The molecule has 9 nitrogen and oxygen atoms in total. The van der Waals surface area contributed by atoms with Gasteiger partial charge in [-0.3, -0.25) is 24.1 Å². The summed E-state index contributed by atoms with van der Waals surface area (Å²) in [5.41, 5.74) is 2.44. The molecule has 0 spiro atoms. The van der Waals surface area contributed by atoms with Gasteiger partial charge in [0.1, 0.15) is 24.1 Å². The second kappa shape index (κ2) is 12.4. The van der Waals surface area contributed by atoms with E-state index in [1.807, 2.05) is 30.3 Å². The second-order valence-electron chi connectivity index (χ2n) is 9.64. The molecule has 0 aromatic heterocycles. The zero-order valence-corrected chi connectivity index (χ0v) is 23.2. The van der Waals surface area contributed by atoms with E-state index in [-0.39, 0.29) is 12.1 Å². The topological polar surface area (TPSA) is 105 Å². The van der Waals surface area contributed by atoms with Crippen LogP contribution < -0.4 is 19.7 Å². The number of methoxy groups -OCH3 is 2. The number of ketones is 1. The van der Waals surface area contributed by atoms with Gasteiger partial charge in [-0.1, -0.05) is 54.6 Å².